The topological polar surface area (TPSA) is 43.3 Å². The van der Waals surface area contributed by atoms with E-state index in [2.05, 4.69) is 16.5 Å². The van der Waals surface area contributed by atoms with Crippen molar-refractivity contribution in [3.05, 3.63) is 74.9 Å². The molecule has 4 heterocycles. The third-order valence-corrected chi connectivity index (χ3v) is 6.38. The van der Waals surface area contributed by atoms with Gasteiger partial charge in [0.15, 0.2) is 11.5 Å². The van der Waals surface area contributed by atoms with Crippen LogP contribution in [-0.2, 0) is 0 Å². The Morgan fingerprint density at radius 1 is 1.04 bits per heavy atom. The van der Waals surface area contributed by atoms with Gasteiger partial charge in [-0.1, -0.05) is 17.7 Å². The Hall–Kier alpha value is -2.70. The second kappa shape index (κ2) is 6.15. The molecular formula is C21H15ClN2O3S. The molecule has 3 aliphatic heterocycles. The minimum Gasteiger partial charge on any atom is -0.464 e. The molecular weight excluding hydrogens is 396 g/mol. The molecule has 0 radical (unpaired) electrons. The van der Waals surface area contributed by atoms with Crippen molar-refractivity contribution in [2.24, 2.45) is 5.10 Å². The maximum absolute atomic E-state index is 6.33. The Balaban J connectivity index is 1.44. The molecule has 2 aromatic carbocycles. The van der Waals surface area contributed by atoms with E-state index in [1.165, 1.54) is 0 Å². The van der Waals surface area contributed by atoms with Crippen LogP contribution in [0.3, 0.4) is 0 Å². The van der Waals surface area contributed by atoms with Gasteiger partial charge in [-0.15, -0.1) is 11.3 Å². The lowest BCUT2D eigenvalue weighted by atomic mass is 9.96. The first-order chi connectivity index (χ1) is 13.8. The second-order valence-electron chi connectivity index (χ2n) is 6.88. The van der Waals surface area contributed by atoms with Gasteiger partial charge in [0.1, 0.15) is 5.75 Å². The molecule has 6 rings (SSSR count). The zero-order chi connectivity index (χ0) is 18.7. The predicted molar refractivity (Wildman–Crippen MR) is 107 cm³/mol. The van der Waals surface area contributed by atoms with Crippen LogP contribution in [0.1, 0.15) is 34.7 Å². The summed E-state index contributed by atoms with van der Waals surface area (Å²) in [7, 11) is 0. The highest BCUT2D eigenvalue weighted by molar-refractivity contribution is 7.10. The minimum absolute atomic E-state index is 0.0787. The number of hydrazone groups is 1. The smallest absolute Gasteiger partial charge is 0.231 e. The maximum Gasteiger partial charge on any atom is 0.231 e. The highest BCUT2D eigenvalue weighted by Crippen LogP contribution is 2.49. The summed E-state index contributed by atoms with van der Waals surface area (Å²) in [6.07, 6.45) is 0.531. The fourth-order valence-electron chi connectivity index (χ4n) is 3.93. The Bertz CT molecular complexity index is 1100. The van der Waals surface area contributed by atoms with E-state index in [1.54, 1.807) is 11.3 Å². The standard InChI is InChI=1S/C21H15ClN2O3S/c22-13-4-6-17-14(9-13)16-10-15(12-3-5-18-19(8-12)26-11-25-18)23-24(16)21(27-17)20-2-1-7-28-20/h1-9,16,21H,10-11H2/t16-,21-/m1/s1. The van der Waals surface area contributed by atoms with Gasteiger partial charge in [0.25, 0.3) is 0 Å². The van der Waals surface area contributed by atoms with Crippen molar-refractivity contribution in [3.8, 4) is 17.2 Å². The quantitative estimate of drug-likeness (QED) is 0.569. The molecule has 0 saturated carbocycles. The largest absolute Gasteiger partial charge is 0.464 e. The van der Waals surface area contributed by atoms with Crippen molar-refractivity contribution in [2.75, 3.05) is 6.79 Å². The SMILES string of the molecule is Clc1ccc2c(c1)[C@H]1CC(c3ccc4c(c3)OCO4)=NN1[C@@H](c1cccs1)O2. The summed E-state index contributed by atoms with van der Waals surface area (Å²) in [5, 5.41) is 9.79. The Morgan fingerprint density at radius 2 is 1.93 bits per heavy atom. The van der Waals surface area contributed by atoms with Gasteiger partial charge in [0.2, 0.25) is 13.0 Å². The number of nitrogens with zero attached hydrogens (tertiary/aromatic N) is 2. The minimum atomic E-state index is -0.245. The molecule has 0 N–H and O–H groups in total. The van der Waals surface area contributed by atoms with Crippen molar-refractivity contribution in [2.45, 2.75) is 18.7 Å². The summed E-state index contributed by atoms with van der Waals surface area (Å²) in [4.78, 5) is 1.13. The number of halogens is 1. The highest BCUT2D eigenvalue weighted by atomic mass is 35.5. The number of hydrogen-bond donors (Lipinski definition) is 0. The van der Waals surface area contributed by atoms with E-state index in [0.717, 1.165) is 45.4 Å². The molecule has 5 nitrogen and oxygen atoms in total. The summed E-state index contributed by atoms with van der Waals surface area (Å²) in [5.74, 6) is 2.41. The first-order valence-electron chi connectivity index (χ1n) is 9.01. The fraction of sp³-hybridized carbons (Fsp3) is 0.190. The average molecular weight is 411 g/mol. The lowest BCUT2D eigenvalue weighted by Gasteiger charge is -2.37. The van der Waals surface area contributed by atoms with E-state index in [0.29, 0.717) is 5.02 Å². The van der Waals surface area contributed by atoms with E-state index in [9.17, 15) is 0 Å². The van der Waals surface area contributed by atoms with Crippen LogP contribution < -0.4 is 14.2 Å². The third kappa shape index (κ3) is 2.48. The van der Waals surface area contributed by atoms with Crippen molar-refractivity contribution in [1.82, 2.24) is 5.01 Å². The molecule has 0 amide bonds. The highest BCUT2D eigenvalue weighted by Gasteiger charge is 2.41. The molecule has 2 atom stereocenters. The van der Waals surface area contributed by atoms with E-state index in [-0.39, 0.29) is 19.1 Å². The molecule has 140 valence electrons. The second-order valence-corrected chi connectivity index (χ2v) is 8.30. The van der Waals surface area contributed by atoms with Crippen LogP contribution in [0, 0.1) is 0 Å². The van der Waals surface area contributed by atoms with E-state index >= 15 is 0 Å². The van der Waals surface area contributed by atoms with Crippen LogP contribution in [0.5, 0.6) is 17.2 Å². The Kier molecular flexibility index (Phi) is 3.58. The van der Waals surface area contributed by atoms with Gasteiger partial charge < -0.3 is 14.2 Å². The van der Waals surface area contributed by atoms with Crippen molar-refractivity contribution in [1.29, 1.82) is 0 Å². The van der Waals surface area contributed by atoms with Crippen LogP contribution in [0.15, 0.2) is 59.0 Å². The third-order valence-electron chi connectivity index (χ3n) is 5.24. The van der Waals surface area contributed by atoms with Gasteiger partial charge in [-0.05, 0) is 47.8 Å². The van der Waals surface area contributed by atoms with Gasteiger partial charge in [0, 0.05) is 22.6 Å². The Labute approximate surface area is 170 Å². The zero-order valence-electron chi connectivity index (χ0n) is 14.7. The van der Waals surface area contributed by atoms with Crippen LogP contribution in [0.2, 0.25) is 5.02 Å². The molecule has 1 aromatic heterocycles. The number of benzene rings is 2. The van der Waals surface area contributed by atoms with Crippen LogP contribution in [0.4, 0.5) is 0 Å². The Morgan fingerprint density at radius 3 is 2.82 bits per heavy atom. The molecule has 0 aliphatic carbocycles. The van der Waals surface area contributed by atoms with Crippen molar-refractivity contribution >= 4 is 28.6 Å². The number of rotatable bonds is 2. The first-order valence-corrected chi connectivity index (χ1v) is 10.3. The van der Waals surface area contributed by atoms with Crippen molar-refractivity contribution in [3.63, 3.8) is 0 Å². The molecule has 0 bridgehead atoms. The summed E-state index contributed by atoms with van der Waals surface area (Å²) in [6.45, 7) is 0.264. The van der Waals surface area contributed by atoms with E-state index < -0.39 is 0 Å². The summed E-state index contributed by atoms with van der Waals surface area (Å²) < 4.78 is 17.3. The summed E-state index contributed by atoms with van der Waals surface area (Å²) >= 11 is 7.95. The summed E-state index contributed by atoms with van der Waals surface area (Å²) in [6, 6.07) is 16.0. The molecule has 0 unspecified atom stereocenters. The average Bonchev–Trinajstić information content (AvgIpc) is 3.46. The predicted octanol–water partition coefficient (Wildman–Crippen LogP) is 5.37. The molecule has 7 heteroatoms. The van der Waals surface area contributed by atoms with Gasteiger partial charge in [0.05, 0.1) is 16.6 Å². The molecule has 3 aromatic rings. The molecule has 0 fully saturated rings. The molecule has 0 spiro atoms. The monoisotopic (exact) mass is 410 g/mol. The molecule has 28 heavy (non-hydrogen) atoms. The van der Waals surface area contributed by atoms with Crippen molar-refractivity contribution < 1.29 is 14.2 Å². The molecule has 3 aliphatic rings. The fourth-order valence-corrected chi connectivity index (χ4v) is 4.85. The van der Waals surface area contributed by atoms with E-state index in [1.807, 2.05) is 42.5 Å². The lowest BCUT2D eigenvalue weighted by molar-refractivity contribution is -0.0165. The first kappa shape index (κ1) is 16.3. The van der Waals surface area contributed by atoms with Crippen LogP contribution in [-0.4, -0.2) is 17.5 Å². The lowest BCUT2D eigenvalue weighted by Crippen LogP contribution is -2.33. The van der Waals surface area contributed by atoms with Gasteiger partial charge in [-0.3, -0.25) is 0 Å². The van der Waals surface area contributed by atoms with Gasteiger partial charge in [-0.25, -0.2) is 5.01 Å². The maximum atomic E-state index is 6.33. The normalized spacial score (nSPS) is 21.8. The summed E-state index contributed by atoms with van der Waals surface area (Å²) in [5.41, 5.74) is 3.10. The number of thiophene rings is 1. The van der Waals surface area contributed by atoms with Crippen LogP contribution >= 0.6 is 22.9 Å². The van der Waals surface area contributed by atoms with E-state index in [4.69, 9.17) is 30.9 Å². The van der Waals surface area contributed by atoms with Crippen LogP contribution in [0.25, 0.3) is 0 Å². The number of hydrogen-bond acceptors (Lipinski definition) is 6. The van der Waals surface area contributed by atoms with Gasteiger partial charge in [-0.2, -0.15) is 5.10 Å². The molecule has 0 saturated heterocycles. The zero-order valence-corrected chi connectivity index (χ0v) is 16.2. The number of fused-ring (bicyclic) bond motifs is 4. The number of ether oxygens (including phenoxy) is 3. The van der Waals surface area contributed by atoms with Gasteiger partial charge >= 0.3 is 0 Å².